The van der Waals surface area contributed by atoms with Crippen molar-refractivity contribution in [1.29, 1.82) is 0 Å². The minimum Gasteiger partial charge on any atom is -0.483 e. The van der Waals surface area contributed by atoms with Crippen molar-refractivity contribution in [1.82, 2.24) is 15.1 Å². The van der Waals surface area contributed by atoms with E-state index in [1.807, 2.05) is 0 Å². The highest BCUT2D eigenvalue weighted by Crippen LogP contribution is 2.29. The van der Waals surface area contributed by atoms with Gasteiger partial charge in [0, 0.05) is 18.0 Å². The second-order valence-corrected chi connectivity index (χ2v) is 5.14. The van der Waals surface area contributed by atoms with Crippen molar-refractivity contribution in [3.63, 3.8) is 0 Å². The molecule has 0 aliphatic carbocycles. The molecule has 4 nitrogen and oxygen atoms in total. The molecule has 1 aliphatic rings. The molecule has 3 rings (SSSR count). The van der Waals surface area contributed by atoms with Crippen molar-refractivity contribution >= 4 is 23.3 Å². The van der Waals surface area contributed by atoms with Crippen LogP contribution in [-0.2, 0) is 6.54 Å². The Balaban J connectivity index is 0.00000192. The third-order valence-corrected chi connectivity index (χ3v) is 3.39. The maximum Gasteiger partial charge on any atom is 0.408 e. The fraction of sp³-hybridized carbons (Fsp3) is 0.462. The lowest BCUT2D eigenvalue weighted by Crippen LogP contribution is -2.36. The molecule has 0 saturated carbocycles. The number of fused-ring (bicyclic) bond motifs is 1. The average Bonchev–Trinajstić information content (AvgIpc) is 2.93. The first kappa shape index (κ1) is 17.7. The van der Waals surface area contributed by atoms with Gasteiger partial charge in [0.1, 0.15) is 12.3 Å². The van der Waals surface area contributed by atoms with Crippen LogP contribution in [0.4, 0.5) is 22.0 Å². The first-order valence-corrected chi connectivity index (χ1v) is 6.52. The molecule has 1 aliphatic heterocycles. The van der Waals surface area contributed by atoms with Crippen LogP contribution >= 0.6 is 12.4 Å². The van der Waals surface area contributed by atoms with E-state index in [-0.39, 0.29) is 30.2 Å². The third-order valence-electron chi connectivity index (χ3n) is 3.39. The van der Waals surface area contributed by atoms with Crippen LogP contribution in [0.2, 0.25) is 0 Å². The maximum absolute atomic E-state index is 13.5. The monoisotopic (exact) mass is 357 g/mol. The van der Waals surface area contributed by atoms with Crippen LogP contribution in [0.1, 0.15) is 0 Å². The molecule has 1 fully saturated rings. The van der Waals surface area contributed by atoms with E-state index in [2.05, 4.69) is 10.4 Å². The lowest BCUT2D eigenvalue weighted by Gasteiger charge is -2.19. The summed E-state index contributed by atoms with van der Waals surface area (Å²) in [5, 5.41) is 6.66. The number of halogens is 6. The van der Waals surface area contributed by atoms with Crippen molar-refractivity contribution < 1.29 is 26.7 Å². The second-order valence-electron chi connectivity index (χ2n) is 5.14. The van der Waals surface area contributed by atoms with Gasteiger partial charge in [0.05, 0.1) is 18.3 Å². The van der Waals surface area contributed by atoms with E-state index in [4.69, 9.17) is 4.74 Å². The van der Waals surface area contributed by atoms with Gasteiger partial charge >= 0.3 is 6.18 Å². The van der Waals surface area contributed by atoms with Crippen LogP contribution in [-0.4, -0.2) is 41.1 Å². The van der Waals surface area contributed by atoms with Gasteiger partial charge in [-0.25, -0.2) is 8.78 Å². The summed E-state index contributed by atoms with van der Waals surface area (Å²) in [6.07, 6.45) is -4.47. The minimum atomic E-state index is -4.42. The molecular weight excluding hydrogens is 345 g/mol. The smallest absolute Gasteiger partial charge is 0.408 e. The summed E-state index contributed by atoms with van der Waals surface area (Å²) in [7, 11) is 0. The van der Waals surface area contributed by atoms with E-state index >= 15 is 0 Å². The van der Waals surface area contributed by atoms with Gasteiger partial charge in [-0.15, -0.1) is 12.4 Å². The van der Waals surface area contributed by atoms with Gasteiger partial charge in [-0.2, -0.15) is 18.3 Å². The van der Waals surface area contributed by atoms with Crippen molar-refractivity contribution in [3.8, 4) is 5.75 Å². The molecule has 0 bridgehead atoms. The number of rotatable bonds is 3. The minimum absolute atomic E-state index is 0. The van der Waals surface area contributed by atoms with Crippen molar-refractivity contribution in [2.45, 2.75) is 24.7 Å². The molecule has 128 valence electrons. The average molecular weight is 358 g/mol. The molecule has 0 radical (unpaired) electrons. The summed E-state index contributed by atoms with van der Waals surface area (Å²) in [4.78, 5) is 0. The summed E-state index contributed by atoms with van der Waals surface area (Å²) in [6, 6.07) is 4.23. The highest BCUT2D eigenvalue weighted by Gasteiger charge is 2.46. The molecule has 0 amide bonds. The van der Waals surface area contributed by atoms with Crippen LogP contribution in [0.5, 0.6) is 5.75 Å². The lowest BCUT2D eigenvalue weighted by molar-refractivity contribution is -0.141. The summed E-state index contributed by atoms with van der Waals surface area (Å²) < 4.78 is 70.4. The molecule has 23 heavy (non-hydrogen) atoms. The van der Waals surface area contributed by atoms with Gasteiger partial charge in [0.15, 0.2) is 6.10 Å². The highest BCUT2D eigenvalue weighted by molar-refractivity contribution is 5.85. The molecule has 1 N–H and O–H groups in total. The molecule has 0 spiro atoms. The zero-order valence-electron chi connectivity index (χ0n) is 11.6. The van der Waals surface area contributed by atoms with Crippen LogP contribution in [0.3, 0.4) is 0 Å². The highest BCUT2D eigenvalue weighted by atomic mass is 35.5. The first-order chi connectivity index (χ1) is 10.2. The van der Waals surface area contributed by atoms with Gasteiger partial charge in [0.2, 0.25) is 0 Å². The fourth-order valence-electron chi connectivity index (χ4n) is 2.34. The van der Waals surface area contributed by atoms with Crippen molar-refractivity contribution in [2.75, 3.05) is 13.1 Å². The predicted molar refractivity (Wildman–Crippen MR) is 75.3 cm³/mol. The number of aromatic nitrogens is 2. The van der Waals surface area contributed by atoms with Gasteiger partial charge in [0.25, 0.3) is 5.92 Å². The Hall–Kier alpha value is -1.61. The van der Waals surface area contributed by atoms with E-state index in [1.54, 1.807) is 0 Å². The number of hydrogen-bond donors (Lipinski definition) is 1. The van der Waals surface area contributed by atoms with Gasteiger partial charge < -0.3 is 10.1 Å². The molecule has 1 aromatic heterocycles. The Morgan fingerprint density at radius 3 is 2.70 bits per heavy atom. The van der Waals surface area contributed by atoms with Crippen LogP contribution in [0, 0.1) is 0 Å². The second kappa shape index (κ2) is 6.12. The number of nitrogens with one attached hydrogen (secondary N) is 1. The largest absolute Gasteiger partial charge is 0.483 e. The normalized spacial score (nSPS) is 20.5. The SMILES string of the molecule is Cl.FC(F)(F)Cn1ncc2ccc(O[C@H]3CNCC3(F)F)cc21. The van der Waals surface area contributed by atoms with Gasteiger partial charge in [-0.3, -0.25) is 4.68 Å². The van der Waals surface area contributed by atoms with E-state index in [9.17, 15) is 22.0 Å². The topological polar surface area (TPSA) is 39.1 Å². The first-order valence-electron chi connectivity index (χ1n) is 6.52. The number of hydrogen-bond acceptors (Lipinski definition) is 3. The van der Waals surface area contributed by atoms with Crippen LogP contribution in [0.25, 0.3) is 10.9 Å². The van der Waals surface area contributed by atoms with E-state index < -0.39 is 31.3 Å². The van der Waals surface area contributed by atoms with Crippen molar-refractivity contribution in [2.24, 2.45) is 0 Å². The lowest BCUT2D eigenvalue weighted by atomic mass is 10.2. The number of benzene rings is 1. The molecule has 1 aromatic carbocycles. The summed E-state index contributed by atoms with van der Waals surface area (Å²) in [6.45, 7) is -1.75. The number of nitrogens with zero attached hydrogens (tertiary/aromatic N) is 2. The Morgan fingerprint density at radius 1 is 1.35 bits per heavy atom. The predicted octanol–water partition coefficient (Wildman–Crippen LogP) is 3.01. The molecule has 1 saturated heterocycles. The maximum atomic E-state index is 13.5. The molecule has 2 aromatic rings. The van der Waals surface area contributed by atoms with Crippen LogP contribution < -0.4 is 10.1 Å². The van der Waals surface area contributed by atoms with Crippen LogP contribution in [0.15, 0.2) is 24.4 Å². The van der Waals surface area contributed by atoms with Gasteiger partial charge in [-0.1, -0.05) is 0 Å². The summed E-state index contributed by atoms with van der Waals surface area (Å²) in [5.41, 5.74) is 0.184. The van der Waals surface area contributed by atoms with E-state index in [0.717, 1.165) is 4.68 Å². The molecule has 2 heterocycles. The Bertz CT molecular complexity index is 688. The zero-order chi connectivity index (χ0) is 16.0. The van der Waals surface area contributed by atoms with E-state index in [0.29, 0.717) is 5.39 Å². The quantitative estimate of drug-likeness (QED) is 0.858. The molecular formula is C13H13ClF5N3O. The molecule has 0 unspecified atom stereocenters. The van der Waals surface area contributed by atoms with E-state index in [1.165, 1.54) is 24.4 Å². The Labute approximate surface area is 134 Å². The Kier molecular flexibility index (Phi) is 4.72. The summed E-state index contributed by atoms with van der Waals surface area (Å²) >= 11 is 0. The number of ether oxygens (including phenoxy) is 1. The third kappa shape index (κ3) is 3.84. The standard InChI is InChI=1S/C13H12F5N3O.ClH/c14-12(15)6-19-5-11(12)22-9-2-1-8-4-20-21(10(8)3-9)7-13(16,17)18;/h1-4,11,19H,5-7H2;1H/t11-;/m0./s1. The van der Waals surface area contributed by atoms with Crippen molar-refractivity contribution in [3.05, 3.63) is 24.4 Å². The zero-order valence-corrected chi connectivity index (χ0v) is 12.4. The Morgan fingerprint density at radius 2 is 2.09 bits per heavy atom. The molecule has 10 heteroatoms. The number of alkyl halides is 5. The summed E-state index contributed by atoms with van der Waals surface area (Å²) in [5.74, 6) is -2.92. The molecule has 1 atom stereocenters. The fourth-order valence-corrected chi connectivity index (χ4v) is 2.34. The van der Waals surface area contributed by atoms with Gasteiger partial charge in [-0.05, 0) is 12.1 Å².